The Morgan fingerprint density at radius 1 is 1.25 bits per heavy atom. The van der Waals surface area contributed by atoms with Crippen molar-refractivity contribution in [3.8, 4) is 11.3 Å². The molecule has 0 atom stereocenters. The molecule has 124 valence electrons. The first-order chi connectivity index (χ1) is 11.7. The third kappa shape index (κ3) is 2.83. The predicted octanol–water partition coefficient (Wildman–Crippen LogP) is 2.76. The molecule has 5 nitrogen and oxygen atoms in total. The average molecular weight is 340 g/mol. The van der Waals surface area contributed by atoms with E-state index in [-0.39, 0.29) is 11.8 Å². The molecule has 3 aromatic rings. The largest absolute Gasteiger partial charge is 0.369 e. The van der Waals surface area contributed by atoms with E-state index in [1.807, 2.05) is 18.2 Å². The van der Waals surface area contributed by atoms with Crippen molar-refractivity contribution in [1.82, 2.24) is 14.3 Å². The summed E-state index contributed by atoms with van der Waals surface area (Å²) in [6, 6.07) is 10.3. The number of piperidine rings is 1. The SMILES string of the molecule is NC(=O)C1CCN(Cc2c(-c3ccccc3)nc3sccn23)CC1. The van der Waals surface area contributed by atoms with Crippen LogP contribution in [0.3, 0.4) is 0 Å². The van der Waals surface area contributed by atoms with Gasteiger partial charge in [-0.05, 0) is 25.9 Å². The van der Waals surface area contributed by atoms with Gasteiger partial charge in [-0.1, -0.05) is 30.3 Å². The van der Waals surface area contributed by atoms with Gasteiger partial charge in [0, 0.05) is 29.6 Å². The van der Waals surface area contributed by atoms with E-state index in [9.17, 15) is 4.79 Å². The Labute approximate surface area is 144 Å². The Morgan fingerprint density at radius 3 is 2.71 bits per heavy atom. The zero-order valence-electron chi connectivity index (χ0n) is 13.4. The second-order valence-corrected chi connectivity index (χ2v) is 7.15. The summed E-state index contributed by atoms with van der Waals surface area (Å²) in [5, 5.41) is 2.07. The van der Waals surface area contributed by atoms with E-state index >= 15 is 0 Å². The van der Waals surface area contributed by atoms with Crippen molar-refractivity contribution >= 4 is 22.2 Å². The number of hydrogen-bond donors (Lipinski definition) is 1. The quantitative estimate of drug-likeness (QED) is 0.794. The number of carbonyl (C=O) groups excluding carboxylic acids is 1. The molecule has 6 heteroatoms. The molecule has 0 aliphatic carbocycles. The van der Waals surface area contributed by atoms with E-state index in [0.29, 0.717) is 0 Å². The van der Waals surface area contributed by atoms with Crippen molar-refractivity contribution in [2.45, 2.75) is 19.4 Å². The highest BCUT2D eigenvalue weighted by Gasteiger charge is 2.25. The van der Waals surface area contributed by atoms with Crippen LogP contribution in [0, 0.1) is 5.92 Å². The van der Waals surface area contributed by atoms with Gasteiger partial charge in [0.25, 0.3) is 0 Å². The maximum Gasteiger partial charge on any atom is 0.220 e. The number of amides is 1. The van der Waals surface area contributed by atoms with Crippen molar-refractivity contribution in [2.24, 2.45) is 11.7 Å². The molecule has 3 heterocycles. The fraction of sp³-hybridized carbons (Fsp3) is 0.333. The number of rotatable bonds is 4. The van der Waals surface area contributed by atoms with Gasteiger partial charge in [-0.25, -0.2) is 4.98 Å². The van der Waals surface area contributed by atoms with Crippen LogP contribution in [0.5, 0.6) is 0 Å². The number of primary amides is 1. The lowest BCUT2D eigenvalue weighted by Gasteiger charge is -2.30. The molecule has 1 aliphatic heterocycles. The third-order valence-electron chi connectivity index (χ3n) is 4.77. The smallest absolute Gasteiger partial charge is 0.220 e. The molecule has 0 saturated carbocycles. The molecule has 0 radical (unpaired) electrons. The lowest BCUT2D eigenvalue weighted by Crippen LogP contribution is -2.38. The first-order valence-corrected chi connectivity index (χ1v) is 9.12. The van der Waals surface area contributed by atoms with Gasteiger partial charge < -0.3 is 5.73 Å². The number of thiazole rings is 1. The van der Waals surface area contributed by atoms with Gasteiger partial charge in [-0.15, -0.1) is 11.3 Å². The molecule has 24 heavy (non-hydrogen) atoms. The van der Waals surface area contributed by atoms with E-state index in [2.05, 4.69) is 33.0 Å². The summed E-state index contributed by atoms with van der Waals surface area (Å²) >= 11 is 1.66. The standard InChI is InChI=1S/C18H20N4OS/c19-17(23)14-6-8-21(9-7-14)12-15-16(13-4-2-1-3-5-13)20-18-22(15)10-11-24-18/h1-5,10-11,14H,6-9,12H2,(H2,19,23). The molecule has 0 spiro atoms. The maximum absolute atomic E-state index is 11.3. The number of likely N-dealkylation sites (tertiary alicyclic amines) is 1. The Kier molecular flexibility index (Phi) is 4.08. The van der Waals surface area contributed by atoms with Gasteiger partial charge in [-0.3, -0.25) is 14.1 Å². The van der Waals surface area contributed by atoms with Crippen LogP contribution in [0.2, 0.25) is 0 Å². The van der Waals surface area contributed by atoms with Crippen molar-refractivity contribution in [3.05, 3.63) is 47.6 Å². The number of hydrogen-bond acceptors (Lipinski definition) is 4. The lowest BCUT2D eigenvalue weighted by molar-refractivity contribution is -0.123. The monoisotopic (exact) mass is 340 g/mol. The molecule has 1 fully saturated rings. The summed E-state index contributed by atoms with van der Waals surface area (Å²) in [5.41, 5.74) is 8.86. The summed E-state index contributed by atoms with van der Waals surface area (Å²) in [6.45, 7) is 2.64. The van der Waals surface area contributed by atoms with E-state index in [1.54, 1.807) is 11.3 Å². The highest BCUT2D eigenvalue weighted by Crippen LogP contribution is 2.28. The summed E-state index contributed by atoms with van der Waals surface area (Å²) in [4.78, 5) is 19.6. The van der Waals surface area contributed by atoms with Gasteiger partial charge in [0.2, 0.25) is 5.91 Å². The van der Waals surface area contributed by atoms with E-state index in [4.69, 9.17) is 10.7 Å². The fourth-order valence-corrected chi connectivity index (χ4v) is 4.13. The highest BCUT2D eigenvalue weighted by molar-refractivity contribution is 7.15. The number of imidazole rings is 1. The molecule has 2 aromatic heterocycles. The Morgan fingerprint density at radius 2 is 2.00 bits per heavy atom. The molecular weight excluding hydrogens is 320 g/mol. The Balaban J connectivity index is 1.62. The summed E-state index contributed by atoms with van der Waals surface area (Å²) in [7, 11) is 0. The molecular formula is C18H20N4OS. The lowest BCUT2D eigenvalue weighted by atomic mass is 9.96. The van der Waals surface area contributed by atoms with Crippen LogP contribution in [0.15, 0.2) is 41.9 Å². The topological polar surface area (TPSA) is 63.6 Å². The van der Waals surface area contributed by atoms with Crippen molar-refractivity contribution in [1.29, 1.82) is 0 Å². The molecule has 1 saturated heterocycles. The van der Waals surface area contributed by atoms with E-state index < -0.39 is 0 Å². The minimum Gasteiger partial charge on any atom is -0.369 e. The number of benzene rings is 1. The van der Waals surface area contributed by atoms with Gasteiger partial charge in [0.15, 0.2) is 4.96 Å². The molecule has 1 amide bonds. The zero-order chi connectivity index (χ0) is 16.5. The number of nitrogens with zero attached hydrogens (tertiary/aromatic N) is 3. The van der Waals surface area contributed by atoms with Crippen LogP contribution in [0.1, 0.15) is 18.5 Å². The summed E-state index contributed by atoms with van der Waals surface area (Å²) in [5.74, 6) is -0.134. The van der Waals surface area contributed by atoms with Crippen LogP contribution in [-0.4, -0.2) is 33.3 Å². The van der Waals surface area contributed by atoms with Crippen LogP contribution >= 0.6 is 11.3 Å². The number of aromatic nitrogens is 2. The van der Waals surface area contributed by atoms with E-state index in [0.717, 1.165) is 48.7 Å². The Bertz CT molecular complexity index is 846. The summed E-state index contributed by atoms with van der Waals surface area (Å²) in [6.07, 6.45) is 3.79. The second-order valence-electron chi connectivity index (χ2n) is 6.28. The first kappa shape index (κ1) is 15.4. The average Bonchev–Trinajstić information content (AvgIpc) is 3.19. The van der Waals surface area contributed by atoms with Gasteiger partial charge in [-0.2, -0.15) is 0 Å². The van der Waals surface area contributed by atoms with Gasteiger partial charge >= 0.3 is 0 Å². The van der Waals surface area contributed by atoms with Gasteiger partial charge in [0.1, 0.15) is 0 Å². The maximum atomic E-state index is 11.3. The third-order valence-corrected chi connectivity index (χ3v) is 5.53. The van der Waals surface area contributed by atoms with Crippen LogP contribution in [-0.2, 0) is 11.3 Å². The summed E-state index contributed by atoms with van der Waals surface area (Å²) < 4.78 is 2.19. The molecule has 4 rings (SSSR count). The fourth-order valence-electron chi connectivity index (χ4n) is 3.40. The minimum absolute atomic E-state index is 0.0291. The van der Waals surface area contributed by atoms with Crippen molar-refractivity contribution in [3.63, 3.8) is 0 Å². The number of fused-ring (bicyclic) bond motifs is 1. The van der Waals surface area contributed by atoms with Crippen molar-refractivity contribution in [2.75, 3.05) is 13.1 Å². The molecule has 2 N–H and O–H groups in total. The molecule has 0 unspecified atom stereocenters. The molecule has 1 aliphatic rings. The van der Waals surface area contributed by atoms with Crippen molar-refractivity contribution < 1.29 is 4.79 Å². The number of nitrogens with two attached hydrogens (primary N) is 1. The molecule has 0 bridgehead atoms. The highest BCUT2D eigenvalue weighted by atomic mass is 32.1. The van der Waals surface area contributed by atoms with Crippen LogP contribution in [0.4, 0.5) is 0 Å². The zero-order valence-corrected chi connectivity index (χ0v) is 14.2. The predicted molar refractivity (Wildman–Crippen MR) is 95.7 cm³/mol. The van der Waals surface area contributed by atoms with Gasteiger partial charge in [0.05, 0.1) is 11.4 Å². The Hall–Kier alpha value is -2.18. The second kappa shape index (κ2) is 6.37. The normalized spacial score (nSPS) is 16.7. The van der Waals surface area contributed by atoms with Crippen LogP contribution in [0.25, 0.3) is 16.2 Å². The minimum atomic E-state index is -0.163. The molecule has 1 aromatic carbocycles. The number of carbonyl (C=O) groups is 1. The van der Waals surface area contributed by atoms with E-state index in [1.165, 1.54) is 5.69 Å². The first-order valence-electron chi connectivity index (χ1n) is 8.24. The van der Waals surface area contributed by atoms with Crippen LogP contribution < -0.4 is 5.73 Å².